The molecule has 2 heterocycles. The van der Waals surface area contributed by atoms with Gasteiger partial charge in [-0.25, -0.2) is 0 Å². The molecule has 2 aromatic rings. The molecular formula is C15H19N3O2. The van der Waals surface area contributed by atoms with Gasteiger partial charge in [-0.2, -0.15) is 4.98 Å². The van der Waals surface area contributed by atoms with Gasteiger partial charge in [0.25, 0.3) is 0 Å². The summed E-state index contributed by atoms with van der Waals surface area (Å²) >= 11 is 0. The molecule has 1 saturated heterocycles. The lowest BCUT2D eigenvalue weighted by molar-refractivity contribution is 0.320. The second kappa shape index (κ2) is 6.05. The molecule has 1 N–H and O–H groups in total. The summed E-state index contributed by atoms with van der Waals surface area (Å²) in [6, 6.07) is 7.92. The number of nitrogens with zero attached hydrogens (tertiary/aromatic N) is 2. The predicted molar refractivity (Wildman–Crippen MR) is 74.9 cm³/mol. The number of hydrogen-bond donors (Lipinski definition) is 1. The van der Waals surface area contributed by atoms with Gasteiger partial charge in [-0.15, -0.1) is 0 Å². The average molecular weight is 273 g/mol. The Bertz CT molecular complexity index is 562. The van der Waals surface area contributed by atoms with Gasteiger partial charge in [-0.05, 0) is 25.5 Å². The first-order chi connectivity index (χ1) is 9.86. The van der Waals surface area contributed by atoms with Crippen molar-refractivity contribution in [3.63, 3.8) is 0 Å². The number of hydrogen-bond acceptors (Lipinski definition) is 5. The number of piperidine rings is 1. The van der Waals surface area contributed by atoms with Crippen molar-refractivity contribution >= 4 is 0 Å². The van der Waals surface area contributed by atoms with Gasteiger partial charge < -0.3 is 14.6 Å². The van der Waals surface area contributed by atoms with E-state index in [4.69, 9.17) is 9.26 Å². The Morgan fingerprint density at radius 3 is 3.10 bits per heavy atom. The Balaban J connectivity index is 1.73. The molecule has 1 aromatic carbocycles. The fraction of sp³-hybridized carbons (Fsp3) is 0.467. The minimum absolute atomic E-state index is 0.350. The molecule has 1 aromatic heterocycles. The molecule has 0 spiro atoms. The highest BCUT2D eigenvalue weighted by molar-refractivity contribution is 5.35. The fourth-order valence-corrected chi connectivity index (χ4v) is 2.59. The third kappa shape index (κ3) is 2.82. The van der Waals surface area contributed by atoms with Gasteiger partial charge in [0.05, 0.1) is 13.0 Å². The fourth-order valence-electron chi connectivity index (χ4n) is 2.59. The van der Waals surface area contributed by atoms with Crippen molar-refractivity contribution in [1.29, 1.82) is 0 Å². The highest BCUT2D eigenvalue weighted by Crippen LogP contribution is 2.23. The summed E-state index contributed by atoms with van der Waals surface area (Å²) in [6.07, 6.45) is 2.91. The van der Waals surface area contributed by atoms with Crippen LogP contribution in [0, 0.1) is 0 Å². The number of para-hydroxylation sites is 1. The molecule has 1 aliphatic rings. The zero-order chi connectivity index (χ0) is 13.8. The maximum absolute atomic E-state index is 5.41. The van der Waals surface area contributed by atoms with Crippen molar-refractivity contribution in [2.45, 2.75) is 25.2 Å². The monoisotopic (exact) mass is 273 g/mol. The largest absolute Gasteiger partial charge is 0.496 e. The number of nitrogens with one attached hydrogen (secondary N) is 1. The Morgan fingerprint density at radius 2 is 2.30 bits per heavy atom. The van der Waals surface area contributed by atoms with Crippen LogP contribution in [0.15, 0.2) is 28.8 Å². The summed E-state index contributed by atoms with van der Waals surface area (Å²) < 4.78 is 10.8. The second-order valence-electron chi connectivity index (χ2n) is 5.08. The van der Waals surface area contributed by atoms with Crippen LogP contribution in [0.1, 0.15) is 36.0 Å². The Hall–Kier alpha value is -1.88. The predicted octanol–water partition coefficient (Wildman–Crippen LogP) is 2.14. The third-order valence-electron chi connectivity index (χ3n) is 3.67. The van der Waals surface area contributed by atoms with Gasteiger partial charge in [0.15, 0.2) is 5.82 Å². The van der Waals surface area contributed by atoms with Gasteiger partial charge in [-0.3, -0.25) is 0 Å². The lowest BCUT2D eigenvalue weighted by Gasteiger charge is -2.18. The van der Waals surface area contributed by atoms with Crippen LogP contribution in [0.4, 0.5) is 0 Å². The van der Waals surface area contributed by atoms with E-state index in [1.807, 2.05) is 24.3 Å². The molecule has 1 aliphatic heterocycles. The topological polar surface area (TPSA) is 60.2 Å². The molecule has 5 nitrogen and oxygen atoms in total. The molecule has 0 amide bonds. The minimum atomic E-state index is 0.350. The first kappa shape index (κ1) is 13.1. The molecule has 1 atom stereocenters. The van der Waals surface area contributed by atoms with Crippen LogP contribution in [0.3, 0.4) is 0 Å². The number of benzene rings is 1. The lowest BCUT2D eigenvalue weighted by Crippen LogP contribution is -2.28. The summed E-state index contributed by atoms with van der Waals surface area (Å²) in [4.78, 5) is 4.53. The van der Waals surface area contributed by atoms with Gasteiger partial charge in [0.2, 0.25) is 5.89 Å². The van der Waals surface area contributed by atoms with Crippen molar-refractivity contribution in [3.8, 4) is 5.75 Å². The van der Waals surface area contributed by atoms with Crippen LogP contribution >= 0.6 is 0 Å². The van der Waals surface area contributed by atoms with E-state index in [0.29, 0.717) is 12.3 Å². The molecule has 0 bridgehead atoms. The molecule has 0 aliphatic carbocycles. The van der Waals surface area contributed by atoms with E-state index in [1.54, 1.807) is 7.11 Å². The standard InChI is InChI=1S/C15H19N3O2/c1-19-13-7-3-2-5-11(13)9-14-17-15(20-18-14)12-6-4-8-16-10-12/h2-3,5,7,12,16H,4,6,8-10H2,1H3/t12-/m1/s1. The van der Waals surface area contributed by atoms with E-state index in [9.17, 15) is 0 Å². The molecular weight excluding hydrogens is 254 g/mol. The highest BCUT2D eigenvalue weighted by atomic mass is 16.5. The van der Waals surface area contributed by atoms with Crippen molar-refractivity contribution in [3.05, 3.63) is 41.5 Å². The summed E-state index contributed by atoms with van der Waals surface area (Å²) in [6.45, 7) is 2.01. The summed E-state index contributed by atoms with van der Waals surface area (Å²) in [5.41, 5.74) is 1.07. The van der Waals surface area contributed by atoms with Crippen LogP contribution < -0.4 is 10.1 Å². The highest BCUT2D eigenvalue weighted by Gasteiger charge is 2.21. The molecule has 1 fully saturated rings. The first-order valence-corrected chi connectivity index (χ1v) is 7.02. The number of aromatic nitrogens is 2. The van der Waals surface area contributed by atoms with E-state index < -0.39 is 0 Å². The van der Waals surface area contributed by atoms with E-state index in [0.717, 1.165) is 49.0 Å². The smallest absolute Gasteiger partial charge is 0.231 e. The van der Waals surface area contributed by atoms with E-state index >= 15 is 0 Å². The van der Waals surface area contributed by atoms with Crippen LogP contribution in [0.25, 0.3) is 0 Å². The maximum Gasteiger partial charge on any atom is 0.231 e. The minimum Gasteiger partial charge on any atom is -0.496 e. The normalized spacial score (nSPS) is 18.9. The van der Waals surface area contributed by atoms with Crippen molar-refractivity contribution in [1.82, 2.24) is 15.5 Å². The molecule has 106 valence electrons. The summed E-state index contributed by atoms with van der Waals surface area (Å²) in [5.74, 6) is 2.68. The molecule has 5 heteroatoms. The Labute approximate surface area is 118 Å². The van der Waals surface area contributed by atoms with Crippen LogP contribution in [0.2, 0.25) is 0 Å². The van der Waals surface area contributed by atoms with Crippen molar-refractivity contribution < 1.29 is 9.26 Å². The SMILES string of the molecule is COc1ccccc1Cc1noc([C@@H]2CCCNC2)n1. The zero-order valence-corrected chi connectivity index (χ0v) is 11.6. The molecule has 0 radical (unpaired) electrons. The van der Waals surface area contributed by atoms with Gasteiger partial charge in [-0.1, -0.05) is 23.4 Å². The Kier molecular flexibility index (Phi) is 3.97. The van der Waals surface area contributed by atoms with E-state index in [1.165, 1.54) is 0 Å². The number of rotatable bonds is 4. The summed E-state index contributed by atoms with van der Waals surface area (Å²) in [5, 5.41) is 7.46. The van der Waals surface area contributed by atoms with Crippen molar-refractivity contribution in [2.75, 3.05) is 20.2 Å². The van der Waals surface area contributed by atoms with E-state index in [2.05, 4.69) is 15.5 Å². The lowest BCUT2D eigenvalue weighted by atomic mass is 10.00. The third-order valence-corrected chi connectivity index (χ3v) is 3.67. The van der Waals surface area contributed by atoms with E-state index in [-0.39, 0.29) is 0 Å². The number of methoxy groups -OCH3 is 1. The molecule has 0 unspecified atom stereocenters. The van der Waals surface area contributed by atoms with Crippen molar-refractivity contribution in [2.24, 2.45) is 0 Å². The van der Waals surface area contributed by atoms with Gasteiger partial charge >= 0.3 is 0 Å². The van der Waals surface area contributed by atoms with Gasteiger partial charge in [0.1, 0.15) is 5.75 Å². The molecule has 0 saturated carbocycles. The van der Waals surface area contributed by atoms with Crippen LogP contribution in [-0.2, 0) is 6.42 Å². The first-order valence-electron chi connectivity index (χ1n) is 7.02. The summed E-state index contributed by atoms with van der Waals surface area (Å²) in [7, 11) is 1.67. The molecule has 20 heavy (non-hydrogen) atoms. The number of ether oxygens (including phenoxy) is 1. The van der Waals surface area contributed by atoms with Crippen LogP contribution in [0.5, 0.6) is 5.75 Å². The quantitative estimate of drug-likeness (QED) is 0.924. The second-order valence-corrected chi connectivity index (χ2v) is 5.08. The molecule has 3 rings (SSSR count). The van der Waals surface area contributed by atoms with Crippen LogP contribution in [-0.4, -0.2) is 30.3 Å². The average Bonchev–Trinajstić information content (AvgIpc) is 2.97. The maximum atomic E-state index is 5.41. The van der Waals surface area contributed by atoms with Gasteiger partial charge in [0, 0.05) is 18.5 Å². The zero-order valence-electron chi connectivity index (χ0n) is 11.6. The Morgan fingerprint density at radius 1 is 1.40 bits per heavy atom.